The Hall–Kier alpha value is -1.07. The highest BCUT2D eigenvalue weighted by Gasteiger charge is 2.10. The molecule has 1 rings (SSSR count). The minimum Gasteiger partial charge on any atom is -0.384 e. The van der Waals surface area contributed by atoms with E-state index in [1.807, 2.05) is 13.8 Å². The van der Waals surface area contributed by atoms with Crippen molar-refractivity contribution in [2.45, 2.75) is 26.7 Å². The van der Waals surface area contributed by atoms with Crippen molar-refractivity contribution in [2.75, 3.05) is 18.9 Å². The number of anilines is 1. The van der Waals surface area contributed by atoms with Gasteiger partial charge in [0, 0.05) is 13.2 Å². The summed E-state index contributed by atoms with van der Waals surface area (Å²) in [4.78, 5) is 0. The molecule has 0 fully saturated rings. The van der Waals surface area contributed by atoms with Gasteiger partial charge in [-0.15, -0.1) is 0 Å². The maximum absolute atomic E-state index is 5.67. The van der Waals surface area contributed by atoms with E-state index >= 15 is 0 Å². The van der Waals surface area contributed by atoms with Crippen LogP contribution in [0.5, 0.6) is 0 Å². The number of ether oxygens (including phenoxy) is 2. The molecule has 0 atom stereocenters. The van der Waals surface area contributed by atoms with Crippen molar-refractivity contribution in [1.82, 2.24) is 9.78 Å². The molecule has 80 valence electrons. The van der Waals surface area contributed by atoms with Gasteiger partial charge >= 0.3 is 0 Å². The lowest BCUT2D eigenvalue weighted by atomic mass is 10.5. The molecular weight excluding hydrogens is 182 g/mol. The minimum absolute atomic E-state index is 0.271. The first-order valence-electron chi connectivity index (χ1n) is 4.78. The summed E-state index contributed by atoms with van der Waals surface area (Å²) in [6.07, 6.45) is 1.39. The summed E-state index contributed by atoms with van der Waals surface area (Å²) in [6.45, 7) is 5.62. The highest BCUT2D eigenvalue weighted by molar-refractivity contribution is 5.25. The minimum atomic E-state index is -0.271. The molecule has 1 aromatic heterocycles. The summed E-state index contributed by atoms with van der Waals surface area (Å²) < 4.78 is 12.4. The molecule has 5 heteroatoms. The first kappa shape index (κ1) is 11.0. The van der Waals surface area contributed by atoms with Crippen LogP contribution in [0.2, 0.25) is 0 Å². The molecule has 0 radical (unpaired) electrons. The number of hydrogen-bond acceptors (Lipinski definition) is 4. The fourth-order valence-electron chi connectivity index (χ4n) is 1.16. The Kier molecular flexibility index (Phi) is 4.42. The molecule has 14 heavy (non-hydrogen) atoms. The highest BCUT2D eigenvalue weighted by Crippen LogP contribution is 2.04. The quantitative estimate of drug-likeness (QED) is 0.690. The third kappa shape index (κ3) is 3.01. The Morgan fingerprint density at radius 1 is 1.43 bits per heavy atom. The van der Waals surface area contributed by atoms with Gasteiger partial charge in [-0.2, -0.15) is 5.10 Å². The number of hydrogen-bond donors (Lipinski definition) is 1. The first-order valence-corrected chi connectivity index (χ1v) is 4.78. The van der Waals surface area contributed by atoms with E-state index in [1.165, 1.54) is 0 Å². The molecule has 0 unspecified atom stereocenters. The van der Waals surface area contributed by atoms with Gasteiger partial charge in [0.15, 0.2) is 6.29 Å². The van der Waals surface area contributed by atoms with Gasteiger partial charge in [0.05, 0.1) is 12.7 Å². The topological polar surface area (TPSA) is 62.3 Å². The Bertz CT molecular complexity index is 256. The number of aromatic nitrogens is 2. The molecule has 1 aromatic rings. The van der Waals surface area contributed by atoms with Gasteiger partial charge in [0.25, 0.3) is 0 Å². The van der Waals surface area contributed by atoms with Crippen molar-refractivity contribution < 1.29 is 9.47 Å². The van der Waals surface area contributed by atoms with E-state index in [0.29, 0.717) is 25.6 Å². The van der Waals surface area contributed by atoms with Gasteiger partial charge in [0.1, 0.15) is 5.82 Å². The van der Waals surface area contributed by atoms with Crippen LogP contribution >= 0.6 is 0 Å². The molecule has 0 spiro atoms. The third-order valence-electron chi connectivity index (χ3n) is 1.78. The van der Waals surface area contributed by atoms with Gasteiger partial charge in [-0.1, -0.05) is 0 Å². The molecular formula is C9H17N3O2. The second-order valence-corrected chi connectivity index (χ2v) is 2.78. The van der Waals surface area contributed by atoms with Crippen LogP contribution in [-0.2, 0) is 16.0 Å². The van der Waals surface area contributed by atoms with E-state index in [0.717, 1.165) is 0 Å². The van der Waals surface area contributed by atoms with Gasteiger partial charge in [-0.3, -0.25) is 0 Å². The molecule has 5 nitrogen and oxygen atoms in total. The molecule has 1 heterocycles. The van der Waals surface area contributed by atoms with Crippen LogP contribution < -0.4 is 5.73 Å². The van der Waals surface area contributed by atoms with Crippen LogP contribution in [0.1, 0.15) is 13.8 Å². The first-order chi connectivity index (χ1) is 6.77. The van der Waals surface area contributed by atoms with Crippen molar-refractivity contribution >= 4 is 5.82 Å². The Balaban J connectivity index is 2.50. The fourth-order valence-corrected chi connectivity index (χ4v) is 1.16. The standard InChI is InChI=1S/C9H17N3O2/c1-3-13-9(14-4-2)7-12-8(10)5-6-11-12/h5-6,9H,3-4,7,10H2,1-2H3. The van der Waals surface area contributed by atoms with Gasteiger partial charge in [-0.25, -0.2) is 4.68 Å². The lowest BCUT2D eigenvalue weighted by Crippen LogP contribution is -2.24. The number of nitrogens with two attached hydrogens (primary N) is 1. The maximum atomic E-state index is 5.67. The third-order valence-corrected chi connectivity index (χ3v) is 1.78. The summed E-state index contributed by atoms with van der Waals surface area (Å²) >= 11 is 0. The van der Waals surface area contributed by atoms with Gasteiger partial charge in [0.2, 0.25) is 0 Å². The van der Waals surface area contributed by atoms with Crippen LogP contribution in [0.25, 0.3) is 0 Å². The van der Waals surface area contributed by atoms with Crippen LogP contribution in [-0.4, -0.2) is 29.3 Å². The van der Waals surface area contributed by atoms with Crippen LogP contribution in [0.4, 0.5) is 5.82 Å². The summed E-state index contributed by atoms with van der Waals surface area (Å²) in [5.41, 5.74) is 5.67. The van der Waals surface area contributed by atoms with Crippen molar-refractivity contribution in [1.29, 1.82) is 0 Å². The van der Waals surface area contributed by atoms with E-state index in [-0.39, 0.29) is 6.29 Å². The predicted octanol–water partition coefficient (Wildman–Crippen LogP) is 0.864. The van der Waals surface area contributed by atoms with Crippen molar-refractivity contribution in [3.63, 3.8) is 0 Å². The average molecular weight is 199 g/mol. The molecule has 0 aliphatic heterocycles. The summed E-state index contributed by atoms with van der Waals surface area (Å²) in [6, 6.07) is 1.74. The van der Waals surface area contributed by atoms with E-state index < -0.39 is 0 Å². The summed E-state index contributed by atoms with van der Waals surface area (Å²) in [7, 11) is 0. The second kappa shape index (κ2) is 5.62. The monoisotopic (exact) mass is 199 g/mol. The zero-order chi connectivity index (χ0) is 10.4. The normalized spacial score (nSPS) is 11.1. The number of nitrogens with zero attached hydrogens (tertiary/aromatic N) is 2. The van der Waals surface area contributed by atoms with Crippen molar-refractivity contribution in [2.24, 2.45) is 0 Å². The van der Waals surface area contributed by atoms with Crippen molar-refractivity contribution in [3.8, 4) is 0 Å². The largest absolute Gasteiger partial charge is 0.384 e. The van der Waals surface area contributed by atoms with Crippen molar-refractivity contribution in [3.05, 3.63) is 12.3 Å². The molecule has 0 aliphatic carbocycles. The van der Waals surface area contributed by atoms with Gasteiger partial charge < -0.3 is 15.2 Å². The van der Waals surface area contributed by atoms with E-state index in [4.69, 9.17) is 15.2 Å². The van der Waals surface area contributed by atoms with E-state index in [1.54, 1.807) is 16.9 Å². The van der Waals surface area contributed by atoms with Crippen LogP contribution in [0.3, 0.4) is 0 Å². The number of rotatable bonds is 6. The lowest BCUT2D eigenvalue weighted by Gasteiger charge is -2.17. The zero-order valence-corrected chi connectivity index (χ0v) is 8.64. The van der Waals surface area contributed by atoms with Crippen LogP contribution in [0, 0.1) is 0 Å². The molecule has 0 aliphatic rings. The average Bonchev–Trinajstić information content (AvgIpc) is 2.53. The second-order valence-electron chi connectivity index (χ2n) is 2.78. The smallest absolute Gasteiger partial charge is 0.177 e. The van der Waals surface area contributed by atoms with Crippen LogP contribution in [0.15, 0.2) is 12.3 Å². The van der Waals surface area contributed by atoms with E-state index in [9.17, 15) is 0 Å². The Morgan fingerprint density at radius 2 is 2.07 bits per heavy atom. The molecule has 0 amide bonds. The predicted molar refractivity (Wildman–Crippen MR) is 53.7 cm³/mol. The number of nitrogen functional groups attached to an aromatic ring is 1. The molecule has 0 bridgehead atoms. The zero-order valence-electron chi connectivity index (χ0n) is 8.64. The Morgan fingerprint density at radius 3 is 2.50 bits per heavy atom. The maximum Gasteiger partial charge on any atom is 0.177 e. The Labute approximate surface area is 83.8 Å². The molecule has 0 saturated heterocycles. The summed E-state index contributed by atoms with van der Waals surface area (Å²) in [5.74, 6) is 0.620. The fraction of sp³-hybridized carbons (Fsp3) is 0.667. The lowest BCUT2D eigenvalue weighted by molar-refractivity contribution is -0.144. The SMILES string of the molecule is CCOC(Cn1nccc1N)OCC. The van der Waals surface area contributed by atoms with Gasteiger partial charge in [-0.05, 0) is 19.9 Å². The summed E-state index contributed by atoms with van der Waals surface area (Å²) in [5, 5.41) is 4.05. The molecule has 2 N–H and O–H groups in total. The molecule has 0 aromatic carbocycles. The highest BCUT2D eigenvalue weighted by atomic mass is 16.7. The molecule has 0 saturated carbocycles. The van der Waals surface area contributed by atoms with E-state index in [2.05, 4.69) is 5.10 Å².